The van der Waals surface area contributed by atoms with E-state index in [1.165, 1.54) is 5.56 Å². The van der Waals surface area contributed by atoms with Crippen molar-refractivity contribution in [1.82, 2.24) is 25.2 Å². The van der Waals surface area contributed by atoms with Gasteiger partial charge in [0.25, 0.3) is 5.91 Å². The Morgan fingerprint density at radius 1 is 1.35 bits per heavy atom. The zero-order valence-electron chi connectivity index (χ0n) is 17.4. The summed E-state index contributed by atoms with van der Waals surface area (Å²) in [4.78, 5) is 37.8. The van der Waals surface area contributed by atoms with Crippen LogP contribution in [0.1, 0.15) is 60.1 Å². The number of H-pyrrole nitrogens is 1. The van der Waals surface area contributed by atoms with Gasteiger partial charge in [-0.2, -0.15) is 0 Å². The van der Waals surface area contributed by atoms with E-state index < -0.39 is 0 Å². The number of aromatic nitrogens is 3. The second kappa shape index (κ2) is 8.02. The number of carbonyl (C=O) groups is 2. The zero-order chi connectivity index (χ0) is 21.4. The van der Waals surface area contributed by atoms with Crippen molar-refractivity contribution in [2.75, 3.05) is 6.54 Å². The van der Waals surface area contributed by atoms with E-state index in [4.69, 9.17) is 4.74 Å². The molecule has 1 aromatic carbocycles. The molecule has 2 aliphatic rings. The molecular formula is C23H25N5O3. The molecule has 0 unspecified atom stereocenters. The molecule has 8 nitrogen and oxygen atoms in total. The topological polar surface area (TPSA) is 100 Å². The van der Waals surface area contributed by atoms with Crippen molar-refractivity contribution >= 4 is 23.5 Å². The molecule has 1 fully saturated rings. The van der Waals surface area contributed by atoms with Gasteiger partial charge in [0, 0.05) is 18.8 Å². The van der Waals surface area contributed by atoms with Crippen molar-refractivity contribution in [2.45, 2.75) is 51.1 Å². The van der Waals surface area contributed by atoms with Crippen LogP contribution in [-0.4, -0.2) is 44.8 Å². The molecule has 31 heavy (non-hydrogen) atoms. The maximum absolute atomic E-state index is 12.4. The largest absolute Gasteiger partial charge is 0.437 e. The number of hydrogen-bond donors (Lipinski definition) is 2. The summed E-state index contributed by atoms with van der Waals surface area (Å²) >= 11 is 0. The first-order valence-electron chi connectivity index (χ1n) is 10.8. The monoisotopic (exact) mass is 419 g/mol. The van der Waals surface area contributed by atoms with Crippen LogP contribution < -0.4 is 10.1 Å². The third kappa shape index (κ3) is 3.73. The van der Waals surface area contributed by atoms with E-state index in [-0.39, 0.29) is 11.9 Å². The van der Waals surface area contributed by atoms with Gasteiger partial charge in [-0.25, -0.2) is 9.97 Å². The number of rotatable bonds is 8. The van der Waals surface area contributed by atoms with E-state index in [0.717, 1.165) is 44.1 Å². The number of hydrogen-bond acceptors (Lipinski definition) is 5. The van der Waals surface area contributed by atoms with Crippen LogP contribution in [0.15, 0.2) is 30.6 Å². The summed E-state index contributed by atoms with van der Waals surface area (Å²) in [6.45, 7) is 2.60. The van der Waals surface area contributed by atoms with Crippen LogP contribution in [0.5, 0.6) is 11.6 Å². The van der Waals surface area contributed by atoms with Crippen molar-refractivity contribution in [3.05, 3.63) is 47.3 Å². The molecule has 160 valence electrons. The van der Waals surface area contributed by atoms with E-state index in [1.807, 2.05) is 24.0 Å². The summed E-state index contributed by atoms with van der Waals surface area (Å²) in [7, 11) is 0. The molecule has 0 radical (unpaired) electrons. The molecule has 0 spiro atoms. The van der Waals surface area contributed by atoms with Gasteiger partial charge in [-0.05, 0) is 55.4 Å². The van der Waals surface area contributed by atoms with Gasteiger partial charge < -0.3 is 19.9 Å². The van der Waals surface area contributed by atoms with Crippen molar-refractivity contribution in [2.24, 2.45) is 0 Å². The first-order valence-corrected chi connectivity index (χ1v) is 10.8. The van der Waals surface area contributed by atoms with Gasteiger partial charge >= 0.3 is 0 Å². The highest BCUT2D eigenvalue weighted by molar-refractivity contribution is 6.04. The highest BCUT2D eigenvalue weighted by atomic mass is 16.5. The molecule has 0 aliphatic heterocycles. The Bertz CT molecular complexity index is 1140. The van der Waals surface area contributed by atoms with Crippen molar-refractivity contribution in [3.8, 4) is 11.6 Å². The van der Waals surface area contributed by atoms with Gasteiger partial charge in [0.15, 0.2) is 5.65 Å². The van der Waals surface area contributed by atoms with E-state index in [2.05, 4.69) is 26.3 Å². The summed E-state index contributed by atoms with van der Waals surface area (Å²) in [6.07, 6.45) is 9.08. The summed E-state index contributed by atoms with van der Waals surface area (Å²) in [6, 6.07) is 6.46. The average molecular weight is 419 g/mol. The van der Waals surface area contributed by atoms with Crippen LogP contribution in [0, 0.1) is 0 Å². The van der Waals surface area contributed by atoms with Crippen LogP contribution in [0.4, 0.5) is 0 Å². The number of ether oxygens (including phenoxy) is 1. The second-order valence-electron chi connectivity index (χ2n) is 8.16. The smallest absolute Gasteiger partial charge is 0.255 e. The Hall–Kier alpha value is -3.42. The predicted octanol–water partition coefficient (Wildman–Crippen LogP) is 3.50. The molecule has 2 aliphatic carbocycles. The second-order valence-corrected chi connectivity index (χ2v) is 8.16. The Balaban J connectivity index is 1.40. The van der Waals surface area contributed by atoms with Crippen LogP contribution in [0.2, 0.25) is 0 Å². The van der Waals surface area contributed by atoms with Gasteiger partial charge in [-0.1, -0.05) is 13.0 Å². The Morgan fingerprint density at radius 2 is 2.23 bits per heavy atom. The first kappa shape index (κ1) is 19.5. The molecule has 5 rings (SSSR count). The van der Waals surface area contributed by atoms with Gasteiger partial charge in [-0.3, -0.25) is 9.59 Å². The maximum Gasteiger partial charge on any atom is 0.255 e. The minimum Gasteiger partial charge on any atom is -0.437 e. The molecule has 2 amide bonds. The molecule has 1 atom stereocenters. The summed E-state index contributed by atoms with van der Waals surface area (Å²) in [5, 5.41) is 2.86. The number of carbonyl (C=O) groups excluding carboxylic acids is 2. The molecule has 2 N–H and O–H groups in total. The Labute approximate surface area is 180 Å². The van der Waals surface area contributed by atoms with Crippen molar-refractivity contribution < 1.29 is 14.3 Å². The highest BCUT2D eigenvalue weighted by Gasteiger charge is 2.36. The van der Waals surface area contributed by atoms with E-state index in [0.29, 0.717) is 40.9 Å². The third-order valence-electron chi connectivity index (χ3n) is 5.97. The van der Waals surface area contributed by atoms with E-state index >= 15 is 0 Å². The van der Waals surface area contributed by atoms with Crippen molar-refractivity contribution in [1.29, 1.82) is 0 Å². The number of benzene rings is 1. The molecule has 3 aromatic rings. The Kier molecular flexibility index (Phi) is 5.05. The SMILES string of the molecule is CCCNC(=O)c1c[nH]c2ncc(Oc3ccc4c(c3)[C@H](N(C=O)C3CC3)CC4)nc12. The molecule has 1 saturated carbocycles. The highest BCUT2D eigenvalue weighted by Crippen LogP contribution is 2.42. The lowest BCUT2D eigenvalue weighted by Crippen LogP contribution is -2.28. The fourth-order valence-corrected chi connectivity index (χ4v) is 4.27. The minimum absolute atomic E-state index is 0.107. The number of fused-ring (bicyclic) bond motifs is 2. The first-order chi connectivity index (χ1) is 15.2. The summed E-state index contributed by atoms with van der Waals surface area (Å²) < 4.78 is 6.01. The Morgan fingerprint density at radius 3 is 3.00 bits per heavy atom. The predicted molar refractivity (Wildman–Crippen MR) is 115 cm³/mol. The number of nitrogens with zero attached hydrogens (tertiary/aromatic N) is 3. The molecule has 8 heteroatoms. The standard InChI is InChI=1S/C23H25N5O3/c1-2-9-24-23(30)18-11-25-22-21(18)27-20(12-26-22)31-16-7-3-14-4-8-19(17(14)10-16)28(13-29)15-5-6-15/h3,7,10-13,15,19H,2,4-6,8-9H2,1H3,(H,24,30)(H,25,26)/t19-/m1/s1. The zero-order valence-corrected chi connectivity index (χ0v) is 17.4. The van der Waals surface area contributed by atoms with Crippen LogP contribution in [0.25, 0.3) is 11.2 Å². The summed E-state index contributed by atoms with van der Waals surface area (Å²) in [5.41, 5.74) is 3.86. The number of amides is 2. The van der Waals surface area contributed by atoms with Crippen LogP contribution >= 0.6 is 0 Å². The lowest BCUT2D eigenvalue weighted by molar-refractivity contribution is -0.120. The summed E-state index contributed by atoms with van der Waals surface area (Å²) in [5.74, 6) is 0.781. The van der Waals surface area contributed by atoms with E-state index in [9.17, 15) is 9.59 Å². The molecule has 2 heterocycles. The van der Waals surface area contributed by atoms with Gasteiger partial charge in [0.05, 0.1) is 17.8 Å². The lowest BCUT2D eigenvalue weighted by atomic mass is 10.1. The average Bonchev–Trinajstić information content (AvgIpc) is 3.40. The number of aromatic amines is 1. The van der Waals surface area contributed by atoms with E-state index in [1.54, 1.807) is 12.4 Å². The molecule has 0 bridgehead atoms. The van der Waals surface area contributed by atoms with Gasteiger partial charge in [0.2, 0.25) is 12.3 Å². The molecular weight excluding hydrogens is 394 g/mol. The fraction of sp³-hybridized carbons (Fsp3) is 0.391. The van der Waals surface area contributed by atoms with Crippen molar-refractivity contribution in [3.63, 3.8) is 0 Å². The maximum atomic E-state index is 12.4. The quantitative estimate of drug-likeness (QED) is 0.545. The van der Waals surface area contributed by atoms with Gasteiger partial charge in [0.1, 0.15) is 11.3 Å². The fourth-order valence-electron chi connectivity index (χ4n) is 4.27. The molecule has 0 saturated heterocycles. The number of nitrogens with one attached hydrogen (secondary N) is 2. The van der Waals surface area contributed by atoms with Crippen LogP contribution in [0.3, 0.4) is 0 Å². The van der Waals surface area contributed by atoms with Gasteiger partial charge in [-0.15, -0.1) is 0 Å². The normalized spacial score (nSPS) is 17.4. The third-order valence-corrected chi connectivity index (χ3v) is 5.97. The number of aryl methyl sites for hydroxylation is 1. The lowest BCUT2D eigenvalue weighted by Gasteiger charge is -2.25. The van der Waals surface area contributed by atoms with Crippen LogP contribution in [-0.2, 0) is 11.2 Å². The molecule has 2 aromatic heterocycles. The minimum atomic E-state index is -0.186.